The summed E-state index contributed by atoms with van der Waals surface area (Å²) in [7, 11) is 3.57. The Morgan fingerprint density at radius 2 is 2.29 bits per heavy atom. The predicted octanol–water partition coefficient (Wildman–Crippen LogP) is 1.02. The van der Waals surface area contributed by atoms with E-state index in [2.05, 4.69) is 17.5 Å². The number of carbonyl (C=O) groups is 1. The molecule has 0 fully saturated rings. The molecule has 1 N–H and O–H groups in total. The monoisotopic (exact) mass is 196 g/mol. The van der Waals surface area contributed by atoms with Crippen LogP contribution >= 0.6 is 0 Å². The molecule has 1 atom stereocenters. The molecule has 0 aliphatic heterocycles. The van der Waals surface area contributed by atoms with Crippen LogP contribution in [0.4, 0.5) is 0 Å². The average Bonchev–Trinajstić information content (AvgIpc) is 2.19. The van der Waals surface area contributed by atoms with Crippen LogP contribution in [0.3, 0.4) is 0 Å². The molecule has 0 aromatic rings. The van der Waals surface area contributed by atoms with Gasteiger partial charge in [0.15, 0.2) is 0 Å². The predicted molar refractivity (Wildman–Crippen MR) is 58.0 cm³/mol. The van der Waals surface area contributed by atoms with Gasteiger partial charge in [-0.15, -0.1) is 0 Å². The number of likely N-dealkylation sites (N-methyl/N-ethyl adjacent to an activating group) is 1. The smallest absolute Gasteiger partial charge is 0.236 e. The van der Waals surface area contributed by atoms with Crippen molar-refractivity contribution >= 4 is 5.91 Å². The van der Waals surface area contributed by atoms with Crippen LogP contribution in [0.2, 0.25) is 0 Å². The lowest BCUT2D eigenvalue weighted by molar-refractivity contribution is -0.127. The van der Waals surface area contributed by atoms with E-state index in [0.29, 0.717) is 6.54 Å². The molecule has 0 radical (unpaired) electrons. The molecule has 3 heteroatoms. The van der Waals surface area contributed by atoms with E-state index < -0.39 is 0 Å². The van der Waals surface area contributed by atoms with Gasteiger partial charge in [-0.05, 0) is 31.7 Å². The zero-order valence-electron chi connectivity index (χ0n) is 9.12. The van der Waals surface area contributed by atoms with Gasteiger partial charge in [0.1, 0.15) is 0 Å². The van der Waals surface area contributed by atoms with Crippen molar-refractivity contribution in [1.29, 1.82) is 0 Å². The van der Waals surface area contributed by atoms with Crippen molar-refractivity contribution in [3.63, 3.8) is 0 Å². The Hall–Kier alpha value is -0.830. The van der Waals surface area contributed by atoms with Crippen molar-refractivity contribution in [2.45, 2.75) is 19.3 Å². The van der Waals surface area contributed by atoms with Crippen molar-refractivity contribution in [3.8, 4) is 0 Å². The highest BCUT2D eigenvalue weighted by molar-refractivity contribution is 5.77. The van der Waals surface area contributed by atoms with E-state index in [9.17, 15) is 4.79 Å². The third kappa shape index (κ3) is 3.92. The SMILES string of the molecule is CN(C)C(=O)CNCC1CC=CCC1. The Morgan fingerprint density at radius 3 is 2.86 bits per heavy atom. The summed E-state index contributed by atoms with van der Waals surface area (Å²) in [6, 6.07) is 0. The van der Waals surface area contributed by atoms with Gasteiger partial charge < -0.3 is 10.2 Å². The highest BCUT2D eigenvalue weighted by atomic mass is 16.2. The standard InChI is InChI=1S/C11H20N2O/c1-13(2)11(14)9-12-8-10-6-4-3-5-7-10/h3-4,10,12H,5-9H2,1-2H3. The number of amides is 1. The summed E-state index contributed by atoms with van der Waals surface area (Å²) in [4.78, 5) is 12.9. The van der Waals surface area contributed by atoms with Crippen LogP contribution in [0.15, 0.2) is 12.2 Å². The fourth-order valence-electron chi connectivity index (χ4n) is 1.58. The Bertz CT molecular complexity index is 211. The van der Waals surface area contributed by atoms with Crippen LogP contribution in [0, 0.1) is 5.92 Å². The first-order valence-corrected chi connectivity index (χ1v) is 5.26. The van der Waals surface area contributed by atoms with Gasteiger partial charge in [-0.25, -0.2) is 0 Å². The minimum atomic E-state index is 0.149. The Morgan fingerprint density at radius 1 is 1.50 bits per heavy atom. The normalized spacial score (nSPS) is 20.9. The van der Waals surface area contributed by atoms with Gasteiger partial charge >= 0.3 is 0 Å². The summed E-state index contributed by atoms with van der Waals surface area (Å²) in [6.45, 7) is 1.43. The number of hydrogen-bond donors (Lipinski definition) is 1. The van der Waals surface area contributed by atoms with E-state index in [4.69, 9.17) is 0 Å². The number of nitrogens with one attached hydrogen (secondary N) is 1. The first kappa shape index (κ1) is 11.2. The lowest BCUT2D eigenvalue weighted by Gasteiger charge is -2.18. The first-order chi connectivity index (χ1) is 6.70. The van der Waals surface area contributed by atoms with Crippen molar-refractivity contribution < 1.29 is 4.79 Å². The zero-order valence-corrected chi connectivity index (χ0v) is 9.12. The van der Waals surface area contributed by atoms with Gasteiger partial charge in [0.05, 0.1) is 6.54 Å². The maximum atomic E-state index is 11.2. The zero-order chi connectivity index (χ0) is 10.4. The number of allylic oxidation sites excluding steroid dienone is 2. The molecule has 1 aliphatic carbocycles. The van der Waals surface area contributed by atoms with Crippen molar-refractivity contribution in [2.75, 3.05) is 27.2 Å². The van der Waals surface area contributed by atoms with Crippen LogP contribution < -0.4 is 5.32 Å². The number of rotatable bonds is 4. The van der Waals surface area contributed by atoms with E-state index in [1.807, 2.05) is 0 Å². The van der Waals surface area contributed by atoms with Crippen LogP contribution in [0.5, 0.6) is 0 Å². The Balaban J connectivity index is 2.09. The molecule has 0 spiro atoms. The van der Waals surface area contributed by atoms with Crippen molar-refractivity contribution in [1.82, 2.24) is 10.2 Å². The molecule has 1 amide bonds. The Labute approximate surface area is 86.2 Å². The van der Waals surface area contributed by atoms with Gasteiger partial charge in [0, 0.05) is 14.1 Å². The third-order valence-corrected chi connectivity index (χ3v) is 2.59. The molecule has 0 aromatic carbocycles. The van der Waals surface area contributed by atoms with Gasteiger partial charge in [-0.3, -0.25) is 4.79 Å². The maximum Gasteiger partial charge on any atom is 0.236 e. The van der Waals surface area contributed by atoms with Crippen LogP contribution in [-0.4, -0.2) is 38.0 Å². The van der Waals surface area contributed by atoms with Gasteiger partial charge in [0.2, 0.25) is 5.91 Å². The highest BCUT2D eigenvalue weighted by Crippen LogP contribution is 2.16. The molecular weight excluding hydrogens is 176 g/mol. The first-order valence-electron chi connectivity index (χ1n) is 5.26. The largest absolute Gasteiger partial charge is 0.348 e. The molecule has 0 aromatic heterocycles. The summed E-state index contributed by atoms with van der Waals surface area (Å²) < 4.78 is 0. The fourth-order valence-corrected chi connectivity index (χ4v) is 1.58. The van der Waals surface area contributed by atoms with Crippen molar-refractivity contribution in [3.05, 3.63) is 12.2 Å². The summed E-state index contributed by atoms with van der Waals surface area (Å²) in [5, 5.41) is 3.21. The second-order valence-electron chi connectivity index (χ2n) is 4.07. The molecule has 3 nitrogen and oxygen atoms in total. The molecule has 80 valence electrons. The lowest BCUT2D eigenvalue weighted by Crippen LogP contribution is -2.35. The minimum absolute atomic E-state index is 0.149. The quantitative estimate of drug-likeness (QED) is 0.681. The average molecular weight is 196 g/mol. The maximum absolute atomic E-state index is 11.2. The molecule has 14 heavy (non-hydrogen) atoms. The van der Waals surface area contributed by atoms with Gasteiger partial charge in [0.25, 0.3) is 0 Å². The molecule has 1 aliphatic rings. The summed E-state index contributed by atoms with van der Waals surface area (Å²) >= 11 is 0. The van der Waals surface area contributed by atoms with E-state index in [0.717, 1.165) is 18.9 Å². The summed E-state index contributed by atoms with van der Waals surface area (Å²) in [6.07, 6.45) is 8.07. The second kappa shape index (κ2) is 5.81. The second-order valence-corrected chi connectivity index (χ2v) is 4.07. The third-order valence-electron chi connectivity index (χ3n) is 2.59. The van der Waals surface area contributed by atoms with Gasteiger partial charge in [-0.1, -0.05) is 12.2 Å². The molecule has 0 saturated heterocycles. The van der Waals surface area contributed by atoms with E-state index >= 15 is 0 Å². The molecule has 0 heterocycles. The van der Waals surface area contributed by atoms with Gasteiger partial charge in [-0.2, -0.15) is 0 Å². The van der Waals surface area contributed by atoms with E-state index in [1.165, 1.54) is 12.8 Å². The summed E-state index contributed by atoms with van der Waals surface area (Å²) in [5.41, 5.74) is 0. The topological polar surface area (TPSA) is 32.3 Å². The Kier molecular flexibility index (Phi) is 4.66. The van der Waals surface area contributed by atoms with E-state index in [-0.39, 0.29) is 5.91 Å². The van der Waals surface area contributed by atoms with Crippen LogP contribution in [0.1, 0.15) is 19.3 Å². The molecule has 1 rings (SSSR count). The van der Waals surface area contributed by atoms with Crippen LogP contribution in [0.25, 0.3) is 0 Å². The highest BCUT2D eigenvalue weighted by Gasteiger charge is 2.10. The number of carbonyl (C=O) groups excluding carboxylic acids is 1. The van der Waals surface area contributed by atoms with Crippen LogP contribution in [-0.2, 0) is 4.79 Å². The molecular formula is C11H20N2O. The molecule has 1 unspecified atom stereocenters. The molecule has 0 bridgehead atoms. The van der Waals surface area contributed by atoms with Crippen molar-refractivity contribution in [2.24, 2.45) is 5.92 Å². The fraction of sp³-hybridized carbons (Fsp3) is 0.727. The van der Waals surface area contributed by atoms with E-state index in [1.54, 1.807) is 19.0 Å². The summed E-state index contributed by atoms with van der Waals surface area (Å²) in [5.74, 6) is 0.867. The minimum Gasteiger partial charge on any atom is -0.348 e. The lowest BCUT2D eigenvalue weighted by atomic mass is 9.94. The molecule has 0 saturated carbocycles. The number of hydrogen-bond acceptors (Lipinski definition) is 2. The number of nitrogens with zero attached hydrogens (tertiary/aromatic N) is 1.